The van der Waals surface area contributed by atoms with Gasteiger partial charge < -0.3 is 10.0 Å². The molecule has 0 fully saturated rings. The van der Waals surface area contributed by atoms with Crippen molar-refractivity contribution in [3.8, 4) is 0 Å². The smallest absolute Gasteiger partial charge is 0.331 e. The number of benzene rings is 1. The van der Waals surface area contributed by atoms with Crippen LogP contribution in [0.4, 0.5) is 8.78 Å². The fourth-order valence-corrected chi connectivity index (χ4v) is 1.69. The second-order valence-electron chi connectivity index (χ2n) is 3.73. The highest BCUT2D eigenvalue weighted by atomic mass is 19.2. The molecule has 1 atom stereocenters. The highest BCUT2D eigenvalue weighted by Gasteiger charge is 2.29. The molecular formula is C12H13F2NO3. The standard InChI is InChI=1S/C12H13F2NO3/c1-2-6-15(7-16)11(12(17)18)8-4-3-5-9(13)10(8)14/h3-5,7,11H,2,6H2,1H3,(H,17,18). The van der Waals surface area contributed by atoms with Gasteiger partial charge in [-0.1, -0.05) is 19.1 Å². The first-order valence-corrected chi connectivity index (χ1v) is 5.40. The van der Waals surface area contributed by atoms with E-state index in [4.69, 9.17) is 5.11 Å². The number of rotatable bonds is 6. The number of carboxylic acids is 1. The maximum absolute atomic E-state index is 13.6. The number of halogens is 2. The van der Waals surface area contributed by atoms with Gasteiger partial charge in [-0.15, -0.1) is 0 Å². The van der Waals surface area contributed by atoms with Crippen LogP contribution in [-0.4, -0.2) is 28.9 Å². The number of carbonyl (C=O) groups is 2. The van der Waals surface area contributed by atoms with Crippen LogP contribution in [0, 0.1) is 11.6 Å². The van der Waals surface area contributed by atoms with Gasteiger partial charge in [0, 0.05) is 12.1 Å². The van der Waals surface area contributed by atoms with E-state index in [1.165, 1.54) is 6.07 Å². The van der Waals surface area contributed by atoms with Crippen molar-refractivity contribution in [2.24, 2.45) is 0 Å². The Balaban J connectivity index is 3.23. The molecule has 1 unspecified atom stereocenters. The Morgan fingerprint density at radius 1 is 1.50 bits per heavy atom. The monoisotopic (exact) mass is 257 g/mol. The van der Waals surface area contributed by atoms with Crippen LogP contribution in [0.2, 0.25) is 0 Å². The van der Waals surface area contributed by atoms with E-state index >= 15 is 0 Å². The molecule has 1 aromatic rings. The second kappa shape index (κ2) is 6.09. The van der Waals surface area contributed by atoms with E-state index in [1.54, 1.807) is 6.92 Å². The Hall–Kier alpha value is -1.98. The van der Waals surface area contributed by atoms with E-state index in [1.807, 2.05) is 0 Å². The van der Waals surface area contributed by atoms with Gasteiger partial charge in [0.05, 0.1) is 0 Å². The summed E-state index contributed by atoms with van der Waals surface area (Å²) < 4.78 is 26.6. The molecular weight excluding hydrogens is 244 g/mol. The maximum atomic E-state index is 13.6. The Kier molecular flexibility index (Phi) is 4.76. The lowest BCUT2D eigenvalue weighted by atomic mass is 10.0. The first-order valence-electron chi connectivity index (χ1n) is 5.40. The van der Waals surface area contributed by atoms with Crippen molar-refractivity contribution < 1.29 is 23.5 Å². The molecule has 18 heavy (non-hydrogen) atoms. The van der Waals surface area contributed by atoms with Gasteiger partial charge in [0.1, 0.15) is 0 Å². The van der Waals surface area contributed by atoms with Gasteiger partial charge in [-0.05, 0) is 12.5 Å². The fraction of sp³-hybridized carbons (Fsp3) is 0.333. The summed E-state index contributed by atoms with van der Waals surface area (Å²) in [5.41, 5.74) is -0.358. The van der Waals surface area contributed by atoms with E-state index in [2.05, 4.69) is 0 Å². The number of nitrogens with zero attached hydrogens (tertiary/aromatic N) is 1. The highest BCUT2D eigenvalue weighted by Crippen LogP contribution is 2.24. The van der Waals surface area contributed by atoms with Crippen molar-refractivity contribution in [1.82, 2.24) is 4.90 Å². The Morgan fingerprint density at radius 3 is 2.67 bits per heavy atom. The van der Waals surface area contributed by atoms with E-state index in [0.717, 1.165) is 17.0 Å². The first-order chi connectivity index (χ1) is 8.52. The van der Waals surface area contributed by atoms with Crippen molar-refractivity contribution in [1.29, 1.82) is 0 Å². The molecule has 0 heterocycles. The molecule has 4 nitrogen and oxygen atoms in total. The molecule has 0 aliphatic rings. The molecule has 1 amide bonds. The van der Waals surface area contributed by atoms with Crippen LogP contribution in [-0.2, 0) is 9.59 Å². The van der Waals surface area contributed by atoms with Crippen LogP contribution in [0.25, 0.3) is 0 Å². The molecule has 0 spiro atoms. The summed E-state index contributed by atoms with van der Waals surface area (Å²) in [6.45, 7) is 1.90. The Bertz CT molecular complexity index is 451. The third-order valence-electron chi connectivity index (χ3n) is 2.46. The lowest BCUT2D eigenvalue weighted by Gasteiger charge is -2.25. The molecule has 0 aliphatic carbocycles. The van der Waals surface area contributed by atoms with E-state index < -0.39 is 23.6 Å². The summed E-state index contributed by atoms with van der Waals surface area (Å²) in [4.78, 5) is 22.9. The van der Waals surface area contributed by atoms with Crippen molar-refractivity contribution in [2.75, 3.05) is 6.54 Å². The second-order valence-corrected chi connectivity index (χ2v) is 3.73. The van der Waals surface area contributed by atoms with E-state index in [9.17, 15) is 18.4 Å². The molecule has 0 bridgehead atoms. The summed E-state index contributed by atoms with van der Waals surface area (Å²) in [6, 6.07) is 1.74. The molecule has 1 N–H and O–H groups in total. The lowest BCUT2D eigenvalue weighted by Crippen LogP contribution is -2.34. The minimum atomic E-state index is -1.52. The molecule has 0 saturated heterocycles. The molecule has 0 aromatic heterocycles. The van der Waals surface area contributed by atoms with Gasteiger partial charge in [-0.3, -0.25) is 4.79 Å². The molecule has 1 rings (SSSR count). The van der Waals surface area contributed by atoms with Crippen molar-refractivity contribution in [3.63, 3.8) is 0 Å². The van der Waals surface area contributed by atoms with Crippen LogP contribution < -0.4 is 0 Å². The molecule has 0 radical (unpaired) electrons. The summed E-state index contributed by atoms with van der Waals surface area (Å²) in [5, 5.41) is 9.08. The third kappa shape index (κ3) is 2.82. The minimum Gasteiger partial charge on any atom is -0.479 e. The molecule has 0 aliphatic heterocycles. The molecule has 98 valence electrons. The first kappa shape index (κ1) is 14.1. The number of hydrogen-bond donors (Lipinski definition) is 1. The lowest BCUT2D eigenvalue weighted by molar-refractivity contribution is -0.146. The SMILES string of the molecule is CCCN(C=O)C(C(=O)O)c1cccc(F)c1F. The minimum absolute atomic E-state index is 0.149. The molecule has 0 saturated carbocycles. The van der Waals surface area contributed by atoms with Crippen LogP contribution in [0.15, 0.2) is 18.2 Å². The van der Waals surface area contributed by atoms with Gasteiger partial charge >= 0.3 is 5.97 Å². The maximum Gasteiger partial charge on any atom is 0.331 e. The Labute approximate surface area is 103 Å². The van der Waals surface area contributed by atoms with Gasteiger partial charge in [0.2, 0.25) is 6.41 Å². The number of aliphatic carboxylic acids is 1. The predicted octanol–water partition coefficient (Wildman–Crippen LogP) is 1.96. The van der Waals surface area contributed by atoms with E-state index in [0.29, 0.717) is 12.8 Å². The number of hydrogen-bond acceptors (Lipinski definition) is 2. The summed E-state index contributed by atoms with van der Waals surface area (Å²) in [6.07, 6.45) is 0.839. The van der Waals surface area contributed by atoms with Gasteiger partial charge in [0.15, 0.2) is 17.7 Å². The van der Waals surface area contributed by atoms with Crippen molar-refractivity contribution in [3.05, 3.63) is 35.4 Å². The van der Waals surface area contributed by atoms with Crippen LogP contribution >= 0.6 is 0 Å². The van der Waals surface area contributed by atoms with Crippen LogP contribution in [0.1, 0.15) is 24.9 Å². The largest absolute Gasteiger partial charge is 0.479 e. The van der Waals surface area contributed by atoms with Gasteiger partial charge in [-0.25, -0.2) is 13.6 Å². The summed E-state index contributed by atoms with van der Waals surface area (Å²) >= 11 is 0. The zero-order valence-electron chi connectivity index (χ0n) is 9.77. The quantitative estimate of drug-likeness (QED) is 0.792. The van der Waals surface area contributed by atoms with Crippen molar-refractivity contribution in [2.45, 2.75) is 19.4 Å². The third-order valence-corrected chi connectivity index (χ3v) is 2.46. The highest BCUT2D eigenvalue weighted by molar-refractivity contribution is 5.78. The number of amides is 1. The number of carbonyl (C=O) groups excluding carboxylic acids is 1. The summed E-state index contributed by atoms with van der Waals surface area (Å²) in [7, 11) is 0. The van der Waals surface area contributed by atoms with Crippen molar-refractivity contribution >= 4 is 12.4 Å². The molecule has 1 aromatic carbocycles. The topological polar surface area (TPSA) is 57.6 Å². The number of carboxylic acid groups (broad SMARTS) is 1. The zero-order valence-corrected chi connectivity index (χ0v) is 9.77. The Morgan fingerprint density at radius 2 is 2.17 bits per heavy atom. The van der Waals surface area contributed by atoms with Gasteiger partial charge in [-0.2, -0.15) is 0 Å². The normalized spacial score (nSPS) is 11.9. The predicted molar refractivity (Wildman–Crippen MR) is 59.8 cm³/mol. The van der Waals surface area contributed by atoms with Crippen LogP contribution in [0.5, 0.6) is 0 Å². The summed E-state index contributed by atoms with van der Waals surface area (Å²) in [5.74, 6) is -3.78. The fourth-order valence-electron chi connectivity index (χ4n) is 1.69. The van der Waals surface area contributed by atoms with Gasteiger partial charge in [0.25, 0.3) is 0 Å². The zero-order chi connectivity index (χ0) is 13.7. The average molecular weight is 257 g/mol. The average Bonchev–Trinajstić information content (AvgIpc) is 2.33. The molecule has 6 heteroatoms. The van der Waals surface area contributed by atoms with Crippen LogP contribution in [0.3, 0.4) is 0 Å². The van der Waals surface area contributed by atoms with E-state index in [-0.39, 0.29) is 12.1 Å².